The summed E-state index contributed by atoms with van der Waals surface area (Å²) in [4.78, 5) is 25.2. The standard InChI is InChI=1S/C20H23FN2O3/c1-4-12(2)18(22)20(25)23-17-10-9-15(26-3)11-16(17)19(24)13-5-7-14(21)8-6-13/h5-12,18H,4,22H2,1-3H3,(H,23,25). The molecule has 3 N–H and O–H groups in total. The molecule has 2 unspecified atom stereocenters. The van der Waals surface area contributed by atoms with Crippen molar-refractivity contribution >= 4 is 17.4 Å². The van der Waals surface area contributed by atoms with Gasteiger partial charge < -0.3 is 15.8 Å². The lowest BCUT2D eigenvalue weighted by Gasteiger charge is -2.19. The third-order valence-electron chi connectivity index (χ3n) is 4.40. The molecule has 5 nitrogen and oxygen atoms in total. The van der Waals surface area contributed by atoms with Crippen LogP contribution in [0, 0.1) is 11.7 Å². The van der Waals surface area contributed by atoms with E-state index in [0.717, 1.165) is 6.42 Å². The largest absolute Gasteiger partial charge is 0.497 e. The molecular formula is C20H23FN2O3. The molecule has 0 bridgehead atoms. The van der Waals surface area contributed by atoms with E-state index in [-0.39, 0.29) is 23.2 Å². The van der Waals surface area contributed by atoms with Crippen molar-refractivity contribution in [3.63, 3.8) is 0 Å². The zero-order valence-electron chi connectivity index (χ0n) is 15.1. The minimum Gasteiger partial charge on any atom is -0.497 e. The fourth-order valence-electron chi connectivity index (χ4n) is 2.43. The number of methoxy groups -OCH3 is 1. The maximum Gasteiger partial charge on any atom is 0.241 e. The molecule has 0 aliphatic heterocycles. The van der Waals surface area contributed by atoms with Crippen molar-refractivity contribution in [2.75, 3.05) is 12.4 Å². The third-order valence-corrected chi connectivity index (χ3v) is 4.40. The smallest absolute Gasteiger partial charge is 0.241 e. The van der Waals surface area contributed by atoms with Crippen molar-refractivity contribution in [3.05, 3.63) is 59.4 Å². The van der Waals surface area contributed by atoms with Crippen molar-refractivity contribution in [1.29, 1.82) is 0 Å². The van der Waals surface area contributed by atoms with Crippen molar-refractivity contribution in [2.45, 2.75) is 26.3 Å². The zero-order chi connectivity index (χ0) is 19.3. The maximum absolute atomic E-state index is 13.1. The van der Waals surface area contributed by atoms with Crippen LogP contribution in [0.25, 0.3) is 0 Å². The number of ether oxygens (including phenoxy) is 1. The fourth-order valence-corrected chi connectivity index (χ4v) is 2.43. The summed E-state index contributed by atoms with van der Waals surface area (Å²) in [5.41, 5.74) is 6.86. The third kappa shape index (κ3) is 4.46. The first-order chi connectivity index (χ1) is 12.4. The predicted octanol–water partition coefficient (Wildman–Crippen LogP) is 3.38. The summed E-state index contributed by atoms with van der Waals surface area (Å²) in [5.74, 6) is -0.668. The number of ketones is 1. The van der Waals surface area contributed by atoms with Gasteiger partial charge >= 0.3 is 0 Å². The van der Waals surface area contributed by atoms with Crippen LogP contribution >= 0.6 is 0 Å². The zero-order valence-corrected chi connectivity index (χ0v) is 15.1. The lowest BCUT2D eigenvalue weighted by atomic mass is 9.98. The maximum atomic E-state index is 13.1. The summed E-state index contributed by atoms with van der Waals surface area (Å²) in [6.45, 7) is 3.84. The van der Waals surface area contributed by atoms with Gasteiger partial charge in [0.15, 0.2) is 5.78 Å². The van der Waals surface area contributed by atoms with Crippen LogP contribution in [0.15, 0.2) is 42.5 Å². The summed E-state index contributed by atoms with van der Waals surface area (Å²) < 4.78 is 18.3. The van der Waals surface area contributed by atoms with Crippen LogP contribution in [0.4, 0.5) is 10.1 Å². The first-order valence-electron chi connectivity index (χ1n) is 8.42. The normalized spacial score (nSPS) is 13.0. The Morgan fingerprint density at radius 3 is 2.42 bits per heavy atom. The van der Waals surface area contributed by atoms with Crippen molar-refractivity contribution in [3.8, 4) is 5.75 Å². The molecular weight excluding hydrogens is 335 g/mol. The van der Waals surface area contributed by atoms with E-state index < -0.39 is 11.9 Å². The first-order valence-corrected chi connectivity index (χ1v) is 8.42. The minimum absolute atomic E-state index is 0.00417. The van der Waals surface area contributed by atoms with E-state index in [1.54, 1.807) is 12.1 Å². The number of halogens is 1. The molecule has 0 aliphatic carbocycles. The molecule has 2 rings (SSSR count). The van der Waals surface area contributed by atoms with Gasteiger partial charge in [-0.1, -0.05) is 20.3 Å². The highest BCUT2D eigenvalue weighted by Crippen LogP contribution is 2.25. The molecule has 138 valence electrons. The number of amides is 1. The highest BCUT2D eigenvalue weighted by molar-refractivity contribution is 6.14. The molecule has 2 atom stereocenters. The topological polar surface area (TPSA) is 81.4 Å². The molecule has 0 fully saturated rings. The van der Waals surface area contributed by atoms with Gasteiger partial charge in [-0.2, -0.15) is 0 Å². The summed E-state index contributed by atoms with van der Waals surface area (Å²) in [7, 11) is 1.48. The Hall–Kier alpha value is -2.73. The second kappa shape index (κ2) is 8.58. The Balaban J connectivity index is 2.36. The van der Waals surface area contributed by atoms with Crippen molar-refractivity contribution < 1.29 is 18.7 Å². The van der Waals surface area contributed by atoms with Crippen LogP contribution < -0.4 is 15.8 Å². The quantitative estimate of drug-likeness (QED) is 0.744. The van der Waals surface area contributed by atoms with Gasteiger partial charge in [0, 0.05) is 11.1 Å². The van der Waals surface area contributed by atoms with E-state index in [9.17, 15) is 14.0 Å². The average Bonchev–Trinajstić information content (AvgIpc) is 2.67. The molecule has 0 radical (unpaired) electrons. The van der Waals surface area contributed by atoms with E-state index in [0.29, 0.717) is 17.0 Å². The highest BCUT2D eigenvalue weighted by atomic mass is 19.1. The fraction of sp³-hybridized carbons (Fsp3) is 0.300. The predicted molar refractivity (Wildman–Crippen MR) is 98.9 cm³/mol. The number of hydrogen-bond donors (Lipinski definition) is 2. The van der Waals surface area contributed by atoms with E-state index in [1.165, 1.54) is 37.4 Å². The summed E-state index contributed by atoms with van der Waals surface area (Å²) in [5, 5.41) is 2.72. The Morgan fingerprint density at radius 1 is 1.19 bits per heavy atom. The van der Waals surface area contributed by atoms with Gasteiger partial charge in [0.05, 0.1) is 18.8 Å². The SMILES string of the molecule is CCC(C)C(N)C(=O)Nc1ccc(OC)cc1C(=O)c1ccc(F)cc1. The van der Waals surface area contributed by atoms with Crippen LogP contribution in [-0.2, 0) is 4.79 Å². The van der Waals surface area contributed by atoms with Gasteiger partial charge in [0.2, 0.25) is 5.91 Å². The molecule has 0 saturated heterocycles. The molecule has 2 aromatic carbocycles. The van der Waals surface area contributed by atoms with Crippen LogP contribution in [0.3, 0.4) is 0 Å². The van der Waals surface area contributed by atoms with E-state index in [4.69, 9.17) is 10.5 Å². The highest BCUT2D eigenvalue weighted by Gasteiger charge is 2.22. The molecule has 1 amide bonds. The van der Waals surface area contributed by atoms with Crippen molar-refractivity contribution in [1.82, 2.24) is 0 Å². The number of carbonyl (C=O) groups excluding carboxylic acids is 2. The Bertz CT molecular complexity index is 790. The van der Waals surface area contributed by atoms with Crippen molar-refractivity contribution in [2.24, 2.45) is 11.7 Å². The average molecular weight is 358 g/mol. The van der Waals surface area contributed by atoms with E-state index >= 15 is 0 Å². The number of rotatable bonds is 7. The second-order valence-electron chi connectivity index (χ2n) is 6.15. The minimum atomic E-state index is -0.684. The van der Waals surface area contributed by atoms with Gasteiger partial charge in [0.25, 0.3) is 0 Å². The number of hydrogen-bond acceptors (Lipinski definition) is 4. The number of carbonyl (C=O) groups is 2. The lowest BCUT2D eigenvalue weighted by Crippen LogP contribution is -2.40. The molecule has 0 spiro atoms. The van der Waals surface area contributed by atoms with E-state index in [1.807, 2.05) is 13.8 Å². The molecule has 2 aromatic rings. The van der Waals surface area contributed by atoms with Crippen LogP contribution in [0.1, 0.15) is 36.2 Å². The molecule has 0 aliphatic rings. The van der Waals surface area contributed by atoms with Gasteiger partial charge in [0.1, 0.15) is 11.6 Å². The number of nitrogens with one attached hydrogen (secondary N) is 1. The Labute approximate surface area is 152 Å². The van der Waals surface area contributed by atoms with Gasteiger partial charge in [-0.3, -0.25) is 9.59 Å². The van der Waals surface area contributed by atoms with E-state index in [2.05, 4.69) is 5.32 Å². The number of anilines is 1. The van der Waals surface area contributed by atoms with Gasteiger partial charge in [-0.05, 0) is 48.4 Å². The molecule has 0 heterocycles. The second-order valence-corrected chi connectivity index (χ2v) is 6.15. The molecule has 6 heteroatoms. The summed E-state index contributed by atoms with van der Waals surface area (Å²) >= 11 is 0. The monoisotopic (exact) mass is 358 g/mol. The van der Waals surface area contributed by atoms with Crippen LogP contribution in [-0.4, -0.2) is 24.8 Å². The molecule has 0 saturated carbocycles. The Morgan fingerprint density at radius 2 is 1.85 bits per heavy atom. The summed E-state index contributed by atoms with van der Waals surface area (Å²) in [6.07, 6.45) is 0.762. The lowest BCUT2D eigenvalue weighted by molar-refractivity contribution is -0.118. The Kier molecular flexibility index (Phi) is 6.46. The number of benzene rings is 2. The van der Waals surface area contributed by atoms with Crippen LogP contribution in [0.2, 0.25) is 0 Å². The van der Waals surface area contributed by atoms with Gasteiger partial charge in [-0.25, -0.2) is 4.39 Å². The first kappa shape index (κ1) is 19.6. The van der Waals surface area contributed by atoms with Crippen LogP contribution in [0.5, 0.6) is 5.75 Å². The summed E-state index contributed by atoms with van der Waals surface area (Å²) in [6, 6.07) is 9.31. The molecule has 26 heavy (non-hydrogen) atoms. The molecule has 0 aromatic heterocycles. The number of nitrogens with two attached hydrogens (primary N) is 1. The van der Waals surface area contributed by atoms with Gasteiger partial charge in [-0.15, -0.1) is 0 Å².